The molecule has 1 aliphatic heterocycles. The fraction of sp³-hybridized carbons (Fsp3) is 0.700. The van der Waals surface area contributed by atoms with Gasteiger partial charge in [-0.1, -0.05) is 5.21 Å². The minimum Gasteiger partial charge on any atom is -0.381 e. The van der Waals surface area contributed by atoms with E-state index < -0.39 is 0 Å². The molecule has 0 unspecified atom stereocenters. The average Bonchev–Trinajstić information content (AvgIpc) is 2.68. The standard InChI is InChI=1S/C10H15N3O2/c1-8(14)10-7-13(12-11-10)6-9-2-4-15-5-3-9/h7,9H,2-6H2,1H3. The number of Topliss-reactive ketones (excluding diaryl/α,β-unsaturated/α-hetero) is 1. The average molecular weight is 209 g/mol. The van der Waals surface area contributed by atoms with Crippen LogP contribution >= 0.6 is 0 Å². The smallest absolute Gasteiger partial charge is 0.181 e. The lowest BCUT2D eigenvalue weighted by Gasteiger charge is -2.21. The molecule has 2 rings (SSSR count). The Morgan fingerprint density at radius 1 is 1.60 bits per heavy atom. The van der Waals surface area contributed by atoms with Crippen molar-refractivity contribution in [3.63, 3.8) is 0 Å². The molecule has 1 saturated heterocycles. The number of nitrogens with zero attached hydrogens (tertiary/aromatic N) is 3. The molecular formula is C10H15N3O2. The molecule has 0 aliphatic carbocycles. The summed E-state index contributed by atoms with van der Waals surface area (Å²) in [5, 5.41) is 7.75. The van der Waals surface area contributed by atoms with Crippen LogP contribution in [0.4, 0.5) is 0 Å². The maximum Gasteiger partial charge on any atom is 0.181 e. The van der Waals surface area contributed by atoms with Gasteiger partial charge in [0.15, 0.2) is 5.78 Å². The first-order valence-corrected chi connectivity index (χ1v) is 5.24. The molecule has 0 radical (unpaired) electrons. The van der Waals surface area contributed by atoms with Crippen molar-refractivity contribution in [3.05, 3.63) is 11.9 Å². The molecule has 1 aromatic rings. The summed E-state index contributed by atoms with van der Waals surface area (Å²) in [6.45, 7) is 4.00. The van der Waals surface area contributed by atoms with E-state index in [0.29, 0.717) is 11.6 Å². The summed E-state index contributed by atoms with van der Waals surface area (Å²) < 4.78 is 7.04. The summed E-state index contributed by atoms with van der Waals surface area (Å²) in [6, 6.07) is 0. The third kappa shape index (κ3) is 2.62. The van der Waals surface area contributed by atoms with Gasteiger partial charge in [-0.25, -0.2) is 0 Å². The Morgan fingerprint density at radius 2 is 2.33 bits per heavy atom. The van der Waals surface area contributed by atoms with Crippen molar-refractivity contribution in [2.45, 2.75) is 26.3 Å². The zero-order valence-electron chi connectivity index (χ0n) is 8.85. The Morgan fingerprint density at radius 3 is 2.93 bits per heavy atom. The van der Waals surface area contributed by atoms with E-state index in [1.165, 1.54) is 6.92 Å². The molecule has 0 saturated carbocycles. The van der Waals surface area contributed by atoms with Gasteiger partial charge in [-0.2, -0.15) is 0 Å². The van der Waals surface area contributed by atoms with Gasteiger partial charge in [0.05, 0.1) is 6.20 Å². The van der Waals surface area contributed by atoms with E-state index in [1.807, 2.05) is 0 Å². The van der Waals surface area contributed by atoms with E-state index in [0.717, 1.165) is 32.6 Å². The number of carbonyl (C=O) groups is 1. The molecule has 82 valence electrons. The summed E-state index contributed by atoms with van der Waals surface area (Å²) in [4.78, 5) is 11.0. The first kappa shape index (κ1) is 10.3. The number of ether oxygens (including phenoxy) is 1. The summed E-state index contributed by atoms with van der Waals surface area (Å²) >= 11 is 0. The molecule has 0 bridgehead atoms. The second-order valence-corrected chi connectivity index (χ2v) is 3.94. The van der Waals surface area contributed by atoms with Crippen molar-refractivity contribution in [1.29, 1.82) is 0 Å². The van der Waals surface area contributed by atoms with Crippen molar-refractivity contribution >= 4 is 5.78 Å². The Kier molecular flexibility index (Phi) is 3.11. The Labute approximate surface area is 88.4 Å². The summed E-state index contributed by atoms with van der Waals surface area (Å²) in [5.74, 6) is 0.563. The zero-order chi connectivity index (χ0) is 10.7. The lowest BCUT2D eigenvalue weighted by atomic mass is 10.0. The molecule has 0 aromatic carbocycles. The number of aromatic nitrogens is 3. The van der Waals surface area contributed by atoms with Crippen LogP contribution in [0, 0.1) is 5.92 Å². The molecule has 5 nitrogen and oxygen atoms in total. The third-order valence-electron chi connectivity index (χ3n) is 2.69. The highest BCUT2D eigenvalue weighted by atomic mass is 16.5. The fourth-order valence-corrected chi connectivity index (χ4v) is 1.74. The monoisotopic (exact) mass is 209 g/mol. The van der Waals surface area contributed by atoms with Crippen molar-refractivity contribution in [1.82, 2.24) is 15.0 Å². The maximum atomic E-state index is 11.0. The molecule has 1 aromatic heterocycles. The van der Waals surface area contributed by atoms with Crippen LogP contribution in [0.5, 0.6) is 0 Å². The SMILES string of the molecule is CC(=O)c1cn(CC2CCOCC2)nn1. The minimum atomic E-state index is -0.0340. The van der Waals surface area contributed by atoms with Crippen molar-refractivity contribution in [3.8, 4) is 0 Å². The largest absolute Gasteiger partial charge is 0.381 e. The van der Waals surface area contributed by atoms with E-state index in [4.69, 9.17) is 4.74 Å². The van der Waals surface area contributed by atoms with Gasteiger partial charge in [-0.15, -0.1) is 5.10 Å². The van der Waals surface area contributed by atoms with Gasteiger partial charge in [0, 0.05) is 26.7 Å². The summed E-state index contributed by atoms with van der Waals surface area (Å²) in [5.41, 5.74) is 0.446. The number of hydrogen-bond acceptors (Lipinski definition) is 4. The molecule has 0 amide bonds. The van der Waals surface area contributed by atoms with Crippen LogP contribution < -0.4 is 0 Å². The lowest BCUT2D eigenvalue weighted by Crippen LogP contribution is -2.20. The van der Waals surface area contributed by atoms with E-state index in [1.54, 1.807) is 10.9 Å². The van der Waals surface area contributed by atoms with Crippen LogP contribution in [0.2, 0.25) is 0 Å². The number of hydrogen-bond donors (Lipinski definition) is 0. The molecule has 1 fully saturated rings. The van der Waals surface area contributed by atoms with Crippen molar-refractivity contribution in [2.24, 2.45) is 5.92 Å². The van der Waals surface area contributed by atoms with Gasteiger partial charge in [0.25, 0.3) is 0 Å². The van der Waals surface area contributed by atoms with Gasteiger partial charge in [0.2, 0.25) is 0 Å². The van der Waals surface area contributed by atoms with Crippen LogP contribution in [-0.4, -0.2) is 34.0 Å². The normalized spacial score (nSPS) is 17.9. The van der Waals surface area contributed by atoms with Crippen LogP contribution in [0.3, 0.4) is 0 Å². The molecule has 15 heavy (non-hydrogen) atoms. The Hall–Kier alpha value is -1.23. The maximum absolute atomic E-state index is 11.0. The Balaban J connectivity index is 1.94. The molecular weight excluding hydrogens is 194 g/mol. The van der Waals surface area contributed by atoms with E-state index in [-0.39, 0.29) is 5.78 Å². The van der Waals surface area contributed by atoms with Crippen LogP contribution in [-0.2, 0) is 11.3 Å². The van der Waals surface area contributed by atoms with E-state index >= 15 is 0 Å². The molecule has 0 atom stereocenters. The quantitative estimate of drug-likeness (QED) is 0.694. The number of rotatable bonds is 3. The zero-order valence-corrected chi connectivity index (χ0v) is 8.85. The summed E-state index contributed by atoms with van der Waals surface area (Å²) in [6.07, 6.45) is 3.85. The topological polar surface area (TPSA) is 57.0 Å². The molecule has 5 heteroatoms. The van der Waals surface area contributed by atoms with E-state index in [2.05, 4.69) is 10.3 Å². The van der Waals surface area contributed by atoms with Gasteiger partial charge in [-0.05, 0) is 18.8 Å². The number of ketones is 1. The second kappa shape index (κ2) is 4.53. The van der Waals surface area contributed by atoms with Gasteiger partial charge < -0.3 is 4.74 Å². The molecule has 0 N–H and O–H groups in total. The first-order chi connectivity index (χ1) is 7.25. The molecule has 1 aliphatic rings. The van der Waals surface area contributed by atoms with E-state index in [9.17, 15) is 4.79 Å². The van der Waals surface area contributed by atoms with Crippen molar-refractivity contribution < 1.29 is 9.53 Å². The fourth-order valence-electron chi connectivity index (χ4n) is 1.74. The molecule has 0 spiro atoms. The highest BCUT2D eigenvalue weighted by Crippen LogP contribution is 2.16. The minimum absolute atomic E-state index is 0.0340. The summed E-state index contributed by atoms with van der Waals surface area (Å²) in [7, 11) is 0. The van der Waals surface area contributed by atoms with Crippen LogP contribution in [0.1, 0.15) is 30.3 Å². The van der Waals surface area contributed by atoms with Gasteiger partial charge >= 0.3 is 0 Å². The van der Waals surface area contributed by atoms with Gasteiger partial charge in [0.1, 0.15) is 5.69 Å². The first-order valence-electron chi connectivity index (χ1n) is 5.24. The predicted molar refractivity (Wildman–Crippen MR) is 53.6 cm³/mol. The second-order valence-electron chi connectivity index (χ2n) is 3.94. The molecule has 2 heterocycles. The van der Waals surface area contributed by atoms with Crippen molar-refractivity contribution in [2.75, 3.05) is 13.2 Å². The Bertz CT molecular complexity index is 342. The number of carbonyl (C=O) groups excluding carboxylic acids is 1. The third-order valence-corrected chi connectivity index (χ3v) is 2.69. The predicted octanol–water partition coefficient (Wildman–Crippen LogP) is 0.907. The van der Waals surface area contributed by atoms with Gasteiger partial charge in [-0.3, -0.25) is 9.48 Å². The van der Waals surface area contributed by atoms with Crippen LogP contribution in [0.25, 0.3) is 0 Å². The lowest BCUT2D eigenvalue weighted by molar-refractivity contribution is 0.0599. The highest BCUT2D eigenvalue weighted by molar-refractivity contribution is 5.91. The van der Waals surface area contributed by atoms with Crippen LogP contribution in [0.15, 0.2) is 6.20 Å². The highest BCUT2D eigenvalue weighted by Gasteiger charge is 2.15.